The molecule has 0 aromatic carbocycles. The Hall–Kier alpha value is -2.54. The second-order valence-electron chi connectivity index (χ2n) is 4.44. The summed E-state index contributed by atoms with van der Waals surface area (Å²) in [7, 11) is 0. The van der Waals surface area contributed by atoms with Crippen LogP contribution in [0.4, 0.5) is 5.69 Å². The number of nitrogens with zero attached hydrogens (tertiary/aromatic N) is 5. The maximum absolute atomic E-state index is 12.2. The molecule has 1 heterocycles. The molecule has 0 saturated carbocycles. The molecule has 0 aliphatic carbocycles. The zero-order valence-corrected chi connectivity index (χ0v) is 11.8. The van der Waals surface area contributed by atoms with E-state index in [9.17, 15) is 4.79 Å². The molecule has 0 bridgehead atoms. The zero-order chi connectivity index (χ0) is 15.1. The van der Waals surface area contributed by atoms with Gasteiger partial charge in [0.1, 0.15) is 6.54 Å². The molecule has 0 atom stereocenters. The molecular formula is C13H18N6O. The summed E-state index contributed by atoms with van der Waals surface area (Å²) in [4.78, 5) is 13.7. The van der Waals surface area contributed by atoms with Gasteiger partial charge in [-0.1, -0.05) is 0 Å². The number of amides is 1. The number of rotatable bonds is 6. The van der Waals surface area contributed by atoms with E-state index in [1.165, 1.54) is 4.90 Å². The van der Waals surface area contributed by atoms with Crippen molar-refractivity contribution in [2.75, 3.05) is 18.8 Å². The Labute approximate surface area is 118 Å². The first kappa shape index (κ1) is 15.5. The van der Waals surface area contributed by atoms with Crippen LogP contribution in [0.1, 0.15) is 24.2 Å². The van der Waals surface area contributed by atoms with E-state index in [1.54, 1.807) is 18.5 Å². The quantitative estimate of drug-likeness (QED) is 0.822. The van der Waals surface area contributed by atoms with Crippen LogP contribution in [0.5, 0.6) is 0 Å². The van der Waals surface area contributed by atoms with E-state index in [0.717, 1.165) is 5.69 Å². The molecule has 0 spiro atoms. The highest BCUT2D eigenvalue weighted by atomic mass is 16.2. The molecule has 2 N–H and O–H groups in total. The largest absolute Gasteiger partial charge is 0.396 e. The Bertz CT molecular complexity index is 545. The Morgan fingerprint density at radius 3 is 2.25 bits per heavy atom. The SMILES string of the molecule is Cc1nn(CC(=O)N(CCC#N)CCC#N)c(C)c1N. The lowest BCUT2D eigenvalue weighted by Crippen LogP contribution is -2.35. The van der Waals surface area contributed by atoms with Gasteiger partial charge in [0.2, 0.25) is 5.91 Å². The van der Waals surface area contributed by atoms with E-state index >= 15 is 0 Å². The molecule has 1 aromatic rings. The van der Waals surface area contributed by atoms with Crippen LogP contribution < -0.4 is 5.73 Å². The highest BCUT2D eigenvalue weighted by Crippen LogP contribution is 2.14. The van der Waals surface area contributed by atoms with Crippen molar-refractivity contribution in [3.05, 3.63) is 11.4 Å². The van der Waals surface area contributed by atoms with Crippen LogP contribution >= 0.6 is 0 Å². The van der Waals surface area contributed by atoms with Gasteiger partial charge in [-0.25, -0.2) is 0 Å². The van der Waals surface area contributed by atoms with E-state index < -0.39 is 0 Å². The number of nitrogens with two attached hydrogens (primary N) is 1. The molecule has 106 valence electrons. The first-order chi connectivity index (χ1) is 9.51. The maximum atomic E-state index is 12.2. The molecule has 0 aliphatic rings. The molecule has 1 aromatic heterocycles. The maximum Gasteiger partial charge on any atom is 0.244 e. The Morgan fingerprint density at radius 2 is 1.85 bits per heavy atom. The molecule has 0 aliphatic heterocycles. The number of carbonyl (C=O) groups is 1. The first-order valence-electron chi connectivity index (χ1n) is 6.32. The van der Waals surface area contributed by atoms with Gasteiger partial charge in [0.25, 0.3) is 0 Å². The highest BCUT2D eigenvalue weighted by molar-refractivity contribution is 5.76. The fourth-order valence-corrected chi connectivity index (χ4v) is 1.82. The Balaban J connectivity index is 2.77. The molecule has 7 nitrogen and oxygen atoms in total. The van der Waals surface area contributed by atoms with Crippen LogP contribution in [0.3, 0.4) is 0 Å². The third-order valence-electron chi connectivity index (χ3n) is 3.06. The molecule has 0 fully saturated rings. The Kier molecular flexibility index (Phi) is 5.55. The van der Waals surface area contributed by atoms with Crippen molar-refractivity contribution in [1.82, 2.24) is 14.7 Å². The minimum Gasteiger partial charge on any atom is -0.396 e. The first-order valence-corrected chi connectivity index (χ1v) is 6.32. The number of carbonyl (C=O) groups excluding carboxylic acids is 1. The van der Waals surface area contributed by atoms with Crippen LogP contribution in [0.25, 0.3) is 0 Å². The summed E-state index contributed by atoms with van der Waals surface area (Å²) in [5, 5.41) is 21.4. The molecule has 7 heteroatoms. The topological polar surface area (TPSA) is 112 Å². The molecular weight excluding hydrogens is 256 g/mol. The minimum absolute atomic E-state index is 0.0702. The summed E-state index contributed by atoms with van der Waals surface area (Å²) in [6, 6.07) is 4.00. The second-order valence-corrected chi connectivity index (χ2v) is 4.44. The molecule has 20 heavy (non-hydrogen) atoms. The lowest BCUT2D eigenvalue weighted by molar-refractivity contribution is -0.132. The number of nitriles is 2. The van der Waals surface area contributed by atoms with Crippen molar-refractivity contribution in [3.8, 4) is 12.1 Å². The molecule has 0 radical (unpaired) electrons. The average molecular weight is 274 g/mol. The molecule has 0 saturated heterocycles. The number of anilines is 1. The van der Waals surface area contributed by atoms with Crippen molar-refractivity contribution in [1.29, 1.82) is 10.5 Å². The van der Waals surface area contributed by atoms with Gasteiger partial charge in [-0.05, 0) is 13.8 Å². The monoisotopic (exact) mass is 274 g/mol. The van der Waals surface area contributed by atoms with Crippen molar-refractivity contribution < 1.29 is 4.79 Å². The van der Waals surface area contributed by atoms with Gasteiger partial charge in [0.05, 0.1) is 42.1 Å². The number of hydrogen-bond acceptors (Lipinski definition) is 5. The fourth-order valence-electron chi connectivity index (χ4n) is 1.82. The van der Waals surface area contributed by atoms with Crippen LogP contribution in [-0.4, -0.2) is 33.7 Å². The van der Waals surface area contributed by atoms with Crippen LogP contribution in [0, 0.1) is 36.5 Å². The standard InChI is InChI=1S/C13H18N6O/c1-10-13(16)11(2)19(17-10)9-12(20)18(7-3-5-14)8-4-6-15/h3-4,7-9,16H2,1-2H3. The van der Waals surface area contributed by atoms with E-state index in [1.807, 2.05) is 12.1 Å². The summed E-state index contributed by atoms with van der Waals surface area (Å²) in [6.45, 7) is 4.31. The summed E-state index contributed by atoms with van der Waals surface area (Å²) in [5.74, 6) is -0.166. The number of nitrogen functional groups attached to an aromatic ring is 1. The lowest BCUT2D eigenvalue weighted by atomic mass is 10.3. The van der Waals surface area contributed by atoms with Crippen LogP contribution in [0.2, 0.25) is 0 Å². The van der Waals surface area contributed by atoms with Gasteiger partial charge < -0.3 is 10.6 Å². The molecule has 0 unspecified atom stereocenters. The third-order valence-corrected chi connectivity index (χ3v) is 3.06. The number of hydrogen-bond donors (Lipinski definition) is 1. The minimum atomic E-state index is -0.166. The van der Waals surface area contributed by atoms with Gasteiger partial charge in [-0.15, -0.1) is 0 Å². The van der Waals surface area contributed by atoms with Crippen LogP contribution in [-0.2, 0) is 11.3 Å². The van der Waals surface area contributed by atoms with Gasteiger partial charge in [0.15, 0.2) is 0 Å². The van der Waals surface area contributed by atoms with Gasteiger partial charge in [-0.2, -0.15) is 15.6 Å². The second kappa shape index (κ2) is 7.15. The zero-order valence-electron chi connectivity index (χ0n) is 11.8. The fraction of sp³-hybridized carbons (Fsp3) is 0.538. The predicted octanol–water partition coefficient (Wildman–Crippen LogP) is 0.738. The van der Waals surface area contributed by atoms with Gasteiger partial charge >= 0.3 is 0 Å². The average Bonchev–Trinajstić information content (AvgIpc) is 2.66. The van der Waals surface area contributed by atoms with E-state index in [4.69, 9.17) is 16.3 Å². The summed E-state index contributed by atoms with van der Waals surface area (Å²) < 4.78 is 1.55. The van der Waals surface area contributed by atoms with Gasteiger partial charge in [0, 0.05) is 13.1 Å². The van der Waals surface area contributed by atoms with Gasteiger partial charge in [-0.3, -0.25) is 9.48 Å². The summed E-state index contributed by atoms with van der Waals surface area (Å²) in [6.07, 6.45) is 0.493. The predicted molar refractivity (Wildman–Crippen MR) is 73.2 cm³/mol. The van der Waals surface area contributed by atoms with Crippen molar-refractivity contribution in [2.24, 2.45) is 0 Å². The number of aryl methyl sites for hydroxylation is 1. The van der Waals surface area contributed by atoms with Crippen molar-refractivity contribution in [3.63, 3.8) is 0 Å². The third kappa shape index (κ3) is 3.72. The normalized spacial score (nSPS) is 9.80. The van der Waals surface area contributed by atoms with E-state index in [-0.39, 0.29) is 25.3 Å². The molecule has 1 rings (SSSR count). The Morgan fingerprint density at radius 1 is 1.30 bits per heavy atom. The van der Waals surface area contributed by atoms with E-state index in [2.05, 4.69) is 5.10 Å². The van der Waals surface area contributed by atoms with Crippen molar-refractivity contribution in [2.45, 2.75) is 33.2 Å². The highest BCUT2D eigenvalue weighted by Gasteiger charge is 2.16. The lowest BCUT2D eigenvalue weighted by Gasteiger charge is -2.20. The molecule has 1 amide bonds. The van der Waals surface area contributed by atoms with Crippen molar-refractivity contribution >= 4 is 11.6 Å². The number of aromatic nitrogens is 2. The smallest absolute Gasteiger partial charge is 0.244 e. The van der Waals surface area contributed by atoms with Crippen LogP contribution in [0.15, 0.2) is 0 Å². The summed E-state index contributed by atoms with van der Waals surface area (Å²) >= 11 is 0. The van der Waals surface area contributed by atoms with E-state index in [0.29, 0.717) is 24.5 Å². The summed E-state index contributed by atoms with van der Waals surface area (Å²) in [5.41, 5.74) is 7.84.